The summed E-state index contributed by atoms with van der Waals surface area (Å²) in [5.41, 5.74) is 0.155. The fraction of sp³-hybridized carbons (Fsp3) is 0.500. The second-order valence-corrected chi connectivity index (χ2v) is 4.91. The van der Waals surface area contributed by atoms with E-state index in [1.54, 1.807) is 0 Å². The lowest BCUT2D eigenvalue weighted by molar-refractivity contribution is 0.208. The van der Waals surface area contributed by atoms with Gasteiger partial charge >= 0.3 is 0 Å². The van der Waals surface area contributed by atoms with Crippen LogP contribution in [0, 0.1) is 28.4 Å². The Hall–Kier alpha value is -1.47. The average Bonchev–Trinajstić information content (AvgIpc) is 2.31. The van der Waals surface area contributed by atoms with Gasteiger partial charge in [0.15, 0.2) is 0 Å². The Morgan fingerprint density at radius 3 is 2.72 bits per heavy atom. The molecule has 0 heterocycles. The van der Waals surface area contributed by atoms with Gasteiger partial charge in [0.25, 0.3) is 0 Å². The highest BCUT2D eigenvalue weighted by Crippen LogP contribution is 2.39. The molecule has 1 aromatic rings. The second kappa shape index (κ2) is 5.45. The Balaban J connectivity index is 1.79. The van der Waals surface area contributed by atoms with Gasteiger partial charge in [-0.3, -0.25) is 0 Å². The summed E-state index contributed by atoms with van der Waals surface area (Å²) in [4.78, 5) is 0. The van der Waals surface area contributed by atoms with Crippen LogP contribution in [0.5, 0.6) is 0 Å². The molecule has 0 amide bonds. The molecule has 0 unspecified atom stereocenters. The topological polar surface area (TPSA) is 35.8 Å². The van der Waals surface area contributed by atoms with Crippen molar-refractivity contribution in [2.75, 3.05) is 13.1 Å². The van der Waals surface area contributed by atoms with E-state index >= 15 is 0 Å². The first-order chi connectivity index (χ1) is 8.65. The normalized spacial score (nSPS) is 16.9. The summed E-state index contributed by atoms with van der Waals surface area (Å²) in [7, 11) is 0. The van der Waals surface area contributed by atoms with Crippen molar-refractivity contribution >= 4 is 0 Å². The zero-order chi connectivity index (χ0) is 13.0. The molecular weight excluding hydrogens is 234 g/mol. The van der Waals surface area contributed by atoms with E-state index in [1.165, 1.54) is 6.07 Å². The average molecular weight is 250 g/mol. The van der Waals surface area contributed by atoms with Crippen LogP contribution in [-0.2, 0) is 6.42 Å². The highest BCUT2D eigenvalue weighted by molar-refractivity contribution is 5.19. The molecule has 0 radical (unpaired) electrons. The zero-order valence-electron chi connectivity index (χ0n) is 10.2. The van der Waals surface area contributed by atoms with Gasteiger partial charge in [0.2, 0.25) is 0 Å². The van der Waals surface area contributed by atoms with Crippen molar-refractivity contribution < 1.29 is 8.78 Å². The lowest BCUT2D eigenvalue weighted by Crippen LogP contribution is -2.39. The lowest BCUT2D eigenvalue weighted by Gasteiger charge is -2.35. The Morgan fingerprint density at radius 2 is 2.11 bits per heavy atom. The molecule has 2 rings (SSSR count). The highest BCUT2D eigenvalue weighted by atomic mass is 19.1. The van der Waals surface area contributed by atoms with Crippen LogP contribution in [0.4, 0.5) is 8.78 Å². The molecule has 4 heteroatoms. The SMILES string of the molecule is N#CC1(CNCCc2cc(F)ccc2F)CCC1. The molecule has 0 aliphatic heterocycles. The number of nitriles is 1. The van der Waals surface area contributed by atoms with Gasteiger partial charge < -0.3 is 5.32 Å². The first kappa shape index (κ1) is 13.0. The first-order valence-electron chi connectivity index (χ1n) is 6.21. The molecule has 2 nitrogen and oxygen atoms in total. The van der Waals surface area contributed by atoms with Crippen LogP contribution in [0.15, 0.2) is 18.2 Å². The number of nitrogens with zero attached hydrogens (tertiary/aromatic N) is 1. The van der Waals surface area contributed by atoms with Crippen LogP contribution in [0.3, 0.4) is 0 Å². The quantitative estimate of drug-likeness (QED) is 0.816. The summed E-state index contributed by atoms with van der Waals surface area (Å²) in [6.45, 7) is 1.20. The van der Waals surface area contributed by atoms with Crippen LogP contribution in [0.1, 0.15) is 24.8 Å². The van der Waals surface area contributed by atoms with Crippen LogP contribution < -0.4 is 5.32 Å². The maximum Gasteiger partial charge on any atom is 0.126 e. The van der Waals surface area contributed by atoms with E-state index in [1.807, 2.05) is 0 Å². The minimum atomic E-state index is -0.418. The number of hydrogen-bond acceptors (Lipinski definition) is 2. The summed E-state index contributed by atoms with van der Waals surface area (Å²) < 4.78 is 26.3. The summed E-state index contributed by atoms with van der Waals surface area (Å²) in [6.07, 6.45) is 3.41. The summed E-state index contributed by atoms with van der Waals surface area (Å²) >= 11 is 0. The third kappa shape index (κ3) is 2.85. The van der Waals surface area contributed by atoms with E-state index in [9.17, 15) is 8.78 Å². The van der Waals surface area contributed by atoms with Crippen molar-refractivity contribution in [3.8, 4) is 6.07 Å². The summed E-state index contributed by atoms with van der Waals surface area (Å²) in [5, 5.41) is 12.2. The largest absolute Gasteiger partial charge is 0.315 e. The second-order valence-electron chi connectivity index (χ2n) is 4.91. The van der Waals surface area contributed by atoms with Gasteiger partial charge in [-0.15, -0.1) is 0 Å². The number of nitrogens with one attached hydrogen (secondary N) is 1. The molecule has 0 bridgehead atoms. The van der Waals surface area contributed by atoms with E-state index in [0.717, 1.165) is 31.4 Å². The molecule has 0 atom stereocenters. The minimum Gasteiger partial charge on any atom is -0.315 e. The maximum atomic E-state index is 13.3. The number of rotatable bonds is 5. The van der Waals surface area contributed by atoms with Crippen LogP contribution in [-0.4, -0.2) is 13.1 Å². The highest BCUT2D eigenvalue weighted by Gasteiger charge is 2.36. The molecule has 0 spiro atoms. The van der Waals surface area contributed by atoms with E-state index in [0.29, 0.717) is 25.1 Å². The van der Waals surface area contributed by atoms with Gasteiger partial charge in [0.1, 0.15) is 11.6 Å². The summed E-state index contributed by atoms with van der Waals surface area (Å²) in [6, 6.07) is 5.82. The standard InChI is InChI=1S/C14H16F2N2/c15-12-2-3-13(16)11(8-12)4-7-18-10-14(9-17)5-1-6-14/h2-3,8,18H,1,4-7,10H2. The number of hydrogen-bond donors (Lipinski definition) is 1. The van der Waals surface area contributed by atoms with Gasteiger partial charge in [-0.25, -0.2) is 8.78 Å². The van der Waals surface area contributed by atoms with Crippen LogP contribution >= 0.6 is 0 Å². The van der Waals surface area contributed by atoms with E-state index < -0.39 is 5.82 Å². The molecule has 1 saturated carbocycles. The molecule has 18 heavy (non-hydrogen) atoms. The van der Waals surface area contributed by atoms with Gasteiger partial charge in [-0.1, -0.05) is 6.42 Å². The van der Waals surface area contributed by atoms with Gasteiger partial charge in [0, 0.05) is 6.54 Å². The lowest BCUT2D eigenvalue weighted by atomic mass is 9.70. The van der Waals surface area contributed by atoms with Crippen LogP contribution in [0.25, 0.3) is 0 Å². The van der Waals surface area contributed by atoms with E-state index in [2.05, 4.69) is 11.4 Å². The van der Waals surface area contributed by atoms with Gasteiger partial charge in [-0.05, 0) is 49.6 Å². The molecule has 0 aromatic heterocycles. The molecule has 1 fully saturated rings. The zero-order valence-corrected chi connectivity index (χ0v) is 10.2. The van der Waals surface area contributed by atoms with Crippen molar-refractivity contribution in [2.45, 2.75) is 25.7 Å². The van der Waals surface area contributed by atoms with Crippen molar-refractivity contribution in [3.63, 3.8) is 0 Å². The Kier molecular flexibility index (Phi) is 3.93. The Morgan fingerprint density at radius 1 is 1.33 bits per heavy atom. The molecular formula is C14H16F2N2. The predicted molar refractivity (Wildman–Crippen MR) is 64.8 cm³/mol. The molecule has 1 aliphatic rings. The van der Waals surface area contributed by atoms with Crippen molar-refractivity contribution in [3.05, 3.63) is 35.4 Å². The van der Waals surface area contributed by atoms with Gasteiger partial charge in [0.05, 0.1) is 11.5 Å². The predicted octanol–water partition coefficient (Wildman–Crippen LogP) is 2.79. The number of benzene rings is 1. The molecule has 1 N–H and O–H groups in total. The molecule has 1 aliphatic carbocycles. The number of halogens is 2. The fourth-order valence-electron chi connectivity index (χ4n) is 2.22. The third-order valence-corrected chi connectivity index (χ3v) is 3.59. The van der Waals surface area contributed by atoms with Crippen molar-refractivity contribution in [1.82, 2.24) is 5.32 Å². The molecule has 0 saturated heterocycles. The smallest absolute Gasteiger partial charge is 0.126 e. The van der Waals surface area contributed by atoms with E-state index in [4.69, 9.17) is 5.26 Å². The van der Waals surface area contributed by atoms with Crippen molar-refractivity contribution in [1.29, 1.82) is 5.26 Å². The Labute approximate surface area is 106 Å². The first-order valence-corrected chi connectivity index (χ1v) is 6.21. The minimum absolute atomic E-state index is 0.222. The van der Waals surface area contributed by atoms with E-state index in [-0.39, 0.29) is 11.2 Å². The molecule has 1 aromatic carbocycles. The van der Waals surface area contributed by atoms with Crippen molar-refractivity contribution in [2.24, 2.45) is 5.41 Å². The van der Waals surface area contributed by atoms with Gasteiger partial charge in [-0.2, -0.15) is 5.26 Å². The monoisotopic (exact) mass is 250 g/mol. The third-order valence-electron chi connectivity index (χ3n) is 3.59. The fourth-order valence-corrected chi connectivity index (χ4v) is 2.22. The maximum absolute atomic E-state index is 13.3. The van der Waals surface area contributed by atoms with Crippen LogP contribution in [0.2, 0.25) is 0 Å². The summed E-state index contributed by atoms with van der Waals surface area (Å²) in [5.74, 6) is -0.796. The molecule has 96 valence electrons. The Bertz CT molecular complexity index is 461.